The Bertz CT molecular complexity index is 728. The molecule has 0 bridgehead atoms. The van der Waals surface area contributed by atoms with Crippen molar-refractivity contribution in [1.82, 2.24) is 9.80 Å². The summed E-state index contributed by atoms with van der Waals surface area (Å²) in [5.74, 6) is -1.07. The van der Waals surface area contributed by atoms with Crippen LogP contribution < -0.4 is 0 Å². The number of methoxy groups -OCH3 is 1. The number of hydrogen-bond donors (Lipinski definition) is 0. The Morgan fingerprint density at radius 2 is 1.89 bits per heavy atom. The molecule has 5 nitrogen and oxygen atoms in total. The van der Waals surface area contributed by atoms with Gasteiger partial charge in [0.25, 0.3) is 0 Å². The van der Waals surface area contributed by atoms with Crippen molar-refractivity contribution in [2.75, 3.05) is 33.4 Å². The van der Waals surface area contributed by atoms with Gasteiger partial charge in [0.05, 0.1) is 12.6 Å². The minimum atomic E-state index is -0.774. The number of hydrogen-bond acceptors (Lipinski definition) is 4. The number of ether oxygens (including phenoxy) is 1. The molecule has 2 aliphatic heterocycles. The van der Waals surface area contributed by atoms with Gasteiger partial charge in [-0.3, -0.25) is 14.5 Å². The second kappa shape index (κ2) is 9.00. The summed E-state index contributed by atoms with van der Waals surface area (Å²) < 4.78 is 5.15. The molecule has 1 fully saturated rings. The summed E-state index contributed by atoms with van der Waals surface area (Å²) in [5.41, 5.74) is 1.53. The minimum absolute atomic E-state index is 0.137. The van der Waals surface area contributed by atoms with Gasteiger partial charge in [0.1, 0.15) is 5.92 Å². The van der Waals surface area contributed by atoms with Crippen molar-refractivity contribution in [3.8, 4) is 0 Å². The van der Waals surface area contributed by atoms with E-state index in [9.17, 15) is 9.59 Å². The van der Waals surface area contributed by atoms with E-state index in [2.05, 4.69) is 4.90 Å². The Morgan fingerprint density at radius 1 is 1.19 bits per heavy atom. The van der Waals surface area contributed by atoms with Gasteiger partial charge < -0.3 is 9.64 Å². The number of rotatable bonds is 6. The zero-order chi connectivity index (χ0) is 19.4. The van der Waals surface area contributed by atoms with Crippen LogP contribution in [0.1, 0.15) is 37.8 Å². The van der Waals surface area contributed by atoms with Crippen molar-refractivity contribution in [2.24, 2.45) is 5.92 Å². The van der Waals surface area contributed by atoms with Gasteiger partial charge in [0, 0.05) is 30.5 Å². The van der Waals surface area contributed by atoms with Crippen LogP contribution in [0.4, 0.5) is 0 Å². The van der Waals surface area contributed by atoms with Crippen LogP contribution in [0.15, 0.2) is 36.0 Å². The van der Waals surface area contributed by atoms with Crippen LogP contribution in [0, 0.1) is 5.92 Å². The number of ketones is 1. The molecule has 2 unspecified atom stereocenters. The van der Waals surface area contributed by atoms with Gasteiger partial charge in [-0.25, -0.2) is 0 Å². The number of benzene rings is 1. The molecule has 0 spiro atoms. The summed E-state index contributed by atoms with van der Waals surface area (Å²) in [4.78, 5) is 30.3. The molecule has 1 aromatic carbocycles. The number of likely N-dealkylation sites (tertiary alicyclic amines) is 1. The number of halogens is 1. The van der Waals surface area contributed by atoms with E-state index in [1.165, 1.54) is 6.42 Å². The predicted molar refractivity (Wildman–Crippen MR) is 105 cm³/mol. The molecule has 0 radical (unpaired) electrons. The first-order valence-electron chi connectivity index (χ1n) is 9.55. The highest BCUT2D eigenvalue weighted by atomic mass is 35.5. The lowest BCUT2D eigenvalue weighted by molar-refractivity contribution is -0.143. The zero-order valence-corrected chi connectivity index (χ0v) is 16.7. The Balaban J connectivity index is 2.01. The smallest absolute Gasteiger partial charge is 0.239 e. The molecule has 3 rings (SSSR count). The van der Waals surface area contributed by atoms with Crippen molar-refractivity contribution in [2.45, 2.75) is 32.2 Å². The van der Waals surface area contributed by atoms with Gasteiger partial charge in [0.2, 0.25) is 5.91 Å². The second-order valence-corrected chi connectivity index (χ2v) is 7.62. The summed E-state index contributed by atoms with van der Waals surface area (Å²) >= 11 is 6.50. The van der Waals surface area contributed by atoms with E-state index in [1.807, 2.05) is 24.3 Å². The topological polar surface area (TPSA) is 49.9 Å². The second-order valence-electron chi connectivity index (χ2n) is 7.21. The highest BCUT2D eigenvalue weighted by Crippen LogP contribution is 2.38. The third-order valence-electron chi connectivity index (χ3n) is 5.46. The highest BCUT2D eigenvalue weighted by Gasteiger charge is 2.44. The number of nitrogens with zero attached hydrogens (tertiary/aromatic N) is 2. The fourth-order valence-electron chi connectivity index (χ4n) is 4.10. The van der Waals surface area contributed by atoms with Gasteiger partial charge in [0.15, 0.2) is 5.78 Å². The Labute approximate surface area is 165 Å². The van der Waals surface area contributed by atoms with E-state index in [1.54, 1.807) is 25.0 Å². The van der Waals surface area contributed by atoms with Gasteiger partial charge in [-0.05, 0) is 44.5 Å². The zero-order valence-electron chi connectivity index (χ0n) is 16.0. The molecule has 0 saturated carbocycles. The fraction of sp³-hybridized carbons (Fsp3) is 0.524. The average molecular weight is 391 g/mol. The number of carbonyl (C=O) groups excluding carboxylic acids is 2. The quantitative estimate of drug-likeness (QED) is 0.698. The Morgan fingerprint density at radius 3 is 2.56 bits per heavy atom. The van der Waals surface area contributed by atoms with Gasteiger partial charge in [-0.2, -0.15) is 0 Å². The molecule has 1 amide bonds. The molecule has 0 N–H and O–H groups in total. The summed E-state index contributed by atoms with van der Waals surface area (Å²) in [7, 11) is 1.61. The van der Waals surface area contributed by atoms with Gasteiger partial charge in [-0.15, -0.1) is 0 Å². The van der Waals surface area contributed by atoms with Crippen molar-refractivity contribution in [3.05, 3.63) is 46.6 Å². The first-order valence-corrected chi connectivity index (χ1v) is 9.93. The van der Waals surface area contributed by atoms with Gasteiger partial charge >= 0.3 is 0 Å². The van der Waals surface area contributed by atoms with Gasteiger partial charge in [-0.1, -0.05) is 36.2 Å². The summed E-state index contributed by atoms with van der Waals surface area (Å²) in [6.07, 6.45) is 4.91. The van der Waals surface area contributed by atoms with Crippen LogP contribution in [-0.2, 0) is 14.3 Å². The molecule has 1 aromatic rings. The van der Waals surface area contributed by atoms with E-state index >= 15 is 0 Å². The molecule has 1 saturated heterocycles. The first kappa shape index (κ1) is 20.1. The lowest BCUT2D eigenvalue weighted by Crippen LogP contribution is -2.50. The standard InChI is InChI=1S/C21H27ClN2O3/c1-15-14-18(25)19(21(26)24(15)12-13-27-2)20(23-10-6-3-7-11-23)16-8-4-5-9-17(16)22/h4-5,8-9,14,19-20H,3,6-7,10-13H2,1-2H3. The molecular weight excluding hydrogens is 364 g/mol. The van der Waals surface area contributed by atoms with Crippen LogP contribution >= 0.6 is 11.6 Å². The first-order chi connectivity index (χ1) is 13.0. The van der Waals surface area contributed by atoms with Crippen LogP contribution in [0.5, 0.6) is 0 Å². The Kier molecular flexibility index (Phi) is 6.68. The summed E-state index contributed by atoms with van der Waals surface area (Å²) in [5, 5.41) is 0.600. The van der Waals surface area contributed by atoms with E-state index in [-0.39, 0.29) is 17.7 Å². The van der Waals surface area contributed by atoms with Crippen LogP contribution in [0.25, 0.3) is 0 Å². The predicted octanol–water partition coefficient (Wildman–Crippen LogP) is 3.44. The Hall–Kier alpha value is -1.69. The molecule has 146 valence electrons. The maximum absolute atomic E-state index is 13.4. The molecule has 0 aromatic heterocycles. The summed E-state index contributed by atoms with van der Waals surface area (Å²) in [6, 6.07) is 7.22. The molecule has 2 heterocycles. The SMILES string of the molecule is COCCN1C(=O)C(C(c2ccccc2Cl)N2CCCCC2)C(=O)C=C1C. The minimum Gasteiger partial charge on any atom is -0.383 e. The lowest BCUT2D eigenvalue weighted by atomic mass is 9.83. The normalized spacial score (nSPS) is 22.7. The number of carbonyl (C=O) groups is 2. The third-order valence-corrected chi connectivity index (χ3v) is 5.80. The molecule has 6 heteroatoms. The maximum atomic E-state index is 13.4. The molecule has 2 atom stereocenters. The number of allylic oxidation sites excluding steroid dienone is 2. The van der Waals surface area contributed by atoms with Crippen LogP contribution in [-0.4, -0.2) is 54.8 Å². The molecule has 27 heavy (non-hydrogen) atoms. The van der Waals surface area contributed by atoms with Crippen molar-refractivity contribution >= 4 is 23.3 Å². The number of amides is 1. The largest absolute Gasteiger partial charge is 0.383 e. The van der Waals surface area contributed by atoms with E-state index in [0.29, 0.717) is 23.9 Å². The maximum Gasteiger partial charge on any atom is 0.239 e. The fourth-order valence-corrected chi connectivity index (χ4v) is 4.34. The van der Waals surface area contributed by atoms with Crippen molar-refractivity contribution < 1.29 is 14.3 Å². The monoisotopic (exact) mass is 390 g/mol. The average Bonchev–Trinajstić information content (AvgIpc) is 2.66. The molecule has 0 aliphatic carbocycles. The molecule has 2 aliphatic rings. The lowest BCUT2D eigenvalue weighted by Gasteiger charge is -2.41. The third kappa shape index (κ3) is 4.26. The van der Waals surface area contributed by atoms with E-state index in [0.717, 1.165) is 31.5 Å². The number of piperidine rings is 1. The van der Waals surface area contributed by atoms with Crippen LogP contribution in [0.2, 0.25) is 5.02 Å². The van der Waals surface area contributed by atoms with E-state index in [4.69, 9.17) is 16.3 Å². The van der Waals surface area contributed by atoms with Crippen molar-refractivity contribution in [3.63, 3.8) is 0 Å². The van der Waals surface area contributed by atoms with Crippen LogP contribution in [0.3, 0.4) is 0 Å². The summed E-state index contributed by atoms with van der Waals surface area (Å²) in [6.45, 7) is 4.41. The molecular formula is C21H27ClN2O3. The van der Waals surface area contributed by atoms with E-state index < -0.39 is 5.92 Å². The highest BCUT2D eigenvalue weighted by molar-refractivity contribution is 6.31. The van der Waals surface area contributed by atoms with Crippen molar-refractivity contribution in [1.29, 1.82) is 0 Å².